The Bertz CT molecular complexity index is 911. The zero-order valence-electron chi connectivity index (χ0n) is 14.1. The smallest absolute Gasteiger partial charge is 0.346 e. The Kier molecular flexibility index (Phi) is 5.27. The van der Waals surface area contributed by atoms with Crippen molar-refractivity contribution in [3.8, 4) is 11.5 Å². The molecule has 140 valence electrons. The molecule has 1 aliphatic rings. The quantitative estimate of drug-likeness (QED) is 0.332. The van der Waals surface area contributed by atoms with Crippen LogP contribution in [0.5, 0.6) is 11.5 Å². The molecule has 2 aromatic rings. The second-order valence-corrected chi connectivity index (χ2v) is 6.13. The molecule has 0 spiro atoms. The molecule has 0 amide bonds. The normalized spacial score (nSPS) is 13.6. The van der Waals surface area contributed by atoms with Crippen molar-refractivity contribution >= 4 is 29.0 Å². The molecule has 1 atom stereocenters. The topological polar surface area (TPSA) is 105 Å². The predicted octanol–water partition coefficient (Wildman–Crippen LogP) is 3.45. The second kappa shape index (κ2) is 7.63. The van der Waals surface area contributed by atoms with Crippen LogP contribution < -0.4 is 9.47 Å². The summed E-state index contributed by atoms with van der Waals surface area (Å²) in [5, 5.41) is 11.8. The Morgan fingerprint density at radius 1 is 1.15 bits per heavy atom. The van der Waals surface area contributed by atoms with E-state index in [4.69, 9.17) is 25.8 Å². The Morgan fingerprint density at radius 3 is 2.33 bits per heavy atom. The molecule has 0 aliphatic carbocycles. The van der Waals surface area contributed by atoms with Crippen molar-refractivity contribution < 1.29 is 28.7 Å². The van der Waals surface area contributed by atoms with Crippen LogP contribution in [0.25, 0.3) is 0 Å². The molecule has 0 unspecified atom stereocenters. The van der Waals surface area contributed by atoms with Crippen LogP contribution in [-0.2, 0) is 4.74 Å². The van der Waals surface area contributed by atoms with Gasteiger partial charge in [0.1, 0.15) is 18.8 Å². The molecule has 8 nitrogen and oxygen atoms in total. The molecule has 0 radical (unpaired) electrons. The van der Waals surface area contributed by atoms with Gasteiger partial charge in [0.25, 0.3) is 5.69 Å². The van der Waals surface area contributed by atoms with Crippen LogP contribution in [0.3, 0.4) is 0 Å². The molecule has 0 N–H and O–H groups in total. The molecule has 2 aromatic carbocycles. The lowest BCUT2D eigenvalue weighted by molar-refractivity contribution is -0.385. The van der Waals surface area contributed by atoms with Gasteiger partial charge in [-0.15, -0.1) is 0 Å². The second-order valence-electron chi connectivity index (χ2n) is 5.69. The Hall–Kier alpha value is -3.13. The maximum absolute atomic E-state index is 12.5. The number of carbonyl (C=O) groups is 2. The Labute approximate surface area is 158 Å². The number of hydrogen-bond donors (Lipinski definition) is 0. The lowest BCUT2D eigenvalue weighted by Gasteiger charge is -2.19. The highest BCUT2D eigenvalue weighted by atomic mass is 35.5. The lowest BCUT2D eigenvalue weighted by Crippen LogP contribution is -2.25. The summed E-state index contributed by atoms with van der Waals surface area (Å²) >= 11 is 5.78. The minimum absolute atomic E-state index is 0.176. The Balaban J connectivity index is 1.83. The number of carbonyl (C=O) groups excluding carboxylic acids is 2. The standard InChI is InChI=1S/C18H14ClNO7/c1-10(17(21)11-2-4-12(19)5-3-11)27-18(22)13-8-15-16(26-7-6-25-15)9-14(13)20(23)24/h2-5,8-10H,6-7H2,1H3/t10-/m0/s1. The van der Waals surface area contributed by atoms with E-state index >= 15 is 0 Å². The first kappa shape index (κ1) is 18.7. The van der Waals surface area contributed by atoms with Crippen molar-refractivity contribution in [2.24, 2.45) is 0 Å². The zero-order valence-corrected chi connectivity index (χ0v) is 14.9. The highest BCUT2D eigenvalue weighted by Gasteiger charge is 2.29. The van der Waals surface area contributed by atoms with E-state index in [1.165, 1.54) is 37.3 Å². The predicted molar refractivity (Wildman–Crippen MR) is 94.7 cm³/mol. The zero-order chi connectivity index (χ0) is 19.6. The fraction of sp³-hybridized carbons (Fsp3) is 0.222. The molecule has 0 saturated heterocycles. The van der Waals surface area contributed by atoms with Crippen LogP contribution in [0.1, 0.15) is 27.6 Å². The average Bonchev–Trinajstić information content (AvgIpc) is 2.66. The largest absolute Gasteiger partial charge is 0.486 e. The molecular formula is C18H14ClNO7. The van der Waals surface area contributed by atoms with Crippen LogP contribution in [0.2, 0.25) is 5.02 Å². The number of nitrogens with zero attached hydrogens (tertiary/aromatic N) is 1. The fourth-order valence-corrected chi connectivity index (χ4v) is 2.65. The van der Waals surface area contributed by atoms with E-state index < -0.39 is 28.5 Å². The number of halogens is 1. The van der Waals surface area contributed by atoms with Gasteiger partial charge in [0.05, 0.1) is 11.0 Å². The van der Waals surface area contributed by atoms with Gasteiger partial charge < -0.3 is 14.2 Å². The number of nitro benzene ring substituents is 1. The van der Waals surface area contributed by atoms with Crippen molar-refractivity contribution in [1.82, 2.24) is 0 Å². The molecule has 0 saturated carbocycles. The summed E-state index contributed by atoms with van der Waals surface area (Å²) in [4.78, 5) is 35.4. The first-order valence-corrected chi connectivity index (χ1v) is 8.33. The van der Waals surface area contributed by atoms with Gasteiger partial charge in [0.2, 0.25) is 5.78 Å². The average molecular weight is 392 g/mol. The van der Waals surface area contributed by atoms with Crippen LogP contribution in [-0.4, -0.2) is 36.0 Å². The SMILES string of the molecule is C[C@H](OC(=O)c1cc2c(cc1[N+](=O)[O-])OCCO2)C(=O)c1ccc(Cl)cc1. The molecule has 0 fully saturated rings. The summed E-state index contributed by atoms with van der Waals surface area (Å²) in [6, 6.07) is 8.37. The van der Waals surface area contributed by atoms with Gasteiger partial charge in [-0.2, -0.15) is 0 Å². The van der Waals surface area contributed by atoms with E-state index in [-0.39, 0.29) is 30.3 Å². The third-order valence-corrected chi connectivity index (χ3v) is 4.11. The summed E-state index contributed by atoms with van der Waals surface area (Å²) in [6.07, 6.45) is -1.15. The van der Waals surface area contributed by atoms with Gasteiger partial charge in [-0.05, 0) is 31.2 Å². The highest BCUT2D eigenvalue weighted by molar-refractivity contribution is 6.30. The molecule has 0 bridgehead atoms. The molecule has 0 aromatic heterocycles. The van der Waals surface area contributed by atoms with E-state index in [2.05, 4.69) is 0 Å². The van der Waals surface area contributed by atoms with Gasteiger partial charge in [-0.3, -0.25) is 14.9 Å². The van der Waals surface area contributed by atoms with Gasteiger partial charge in [0, 0.05) is 16.7 Å². The van der Waals surface area contributed by atoms with Crippen LogP contribution in [0.15, 0.2) is 36.4 Å². The van der Waals surface area contributed by atoms with Gasteiger partial charge in [0.15, 0.2) is 17.6 Å². The number of esters is 1. The molecule has 1 aliphatic heterocycles. The summed E-state index contributed by atoms with van der Waals surface area (Å²) in [6.45, 7) is 1.89. The van der Waals surface area contributed by atoms with Gasteiger partial charge in [-0.1, -0.05) is 11.6 Å². The van der Waals surface area contributed by atoms with Crippen molar-refractivity contribution in [1.29, 1.82) is 0 Å². The number of ketones is 1. The molecule has 1 heterocycles. The highest BCUT2D eigenvalue weighted by Crippen LogP contribution is 2.37. The van der Waals surface area contributed by atoms with Crippen LogP contribution in [0.4, 0.5) is 5.69 Å². The minimum Gasteiger partial charge on any atom is -0.486 e. The van der Waals surface area contributed by atoms with Crippen LogP contribution >= 0.6 is 11.6 Å². The number of ether oxygens (including phenoxy) is 3. The van der Waals surface area contributed by atoms with E-state index in [0.717, 1.165) is 6.07 Å². The monoisotopic (exact) mass is 391 g/mol. The first-order chi connectivity index (χ1) is 12.9. The van der Waals surface area contributed by atoms with Crippen molar-refractivity contribution in [3.63, 3.8) is 0 Å². The van der Waals surface area contributed by atoms with Crippen LogP contribution in [0, 0.1) is 10.1 Å². The summed E-state index contributed by atoms with van der Waals surface area (Å²) < 4.78 is 15.8. The van der Waals surface area contributed by atoms with E-state index in [0.29, 0.717) is 10.6 Å². The van der Waals surface area contributed by atoms with Crippen molar-refractivity contribution in [3.05, 3.63) is 62.7 Å². The van der Waals surface area contributed by atoms with Gasteiger partial charge >= 0.3 is 5.97 Å². The summed E-state index contributed by atoms with van der Waals surface area (Å²) in [5.74, 6) is -1.08. The fourth-order valence-electron chi connectivity index (χ4n) is 2.52. The number of rotatable bonds is 5. The van der Waals surface area contributed by atoms with Crippen molar-refractivity contribution in [2.45, 2.75) is 13.0 Å². The lowest BCUT2D eigenvalue weighted by atomic mass is 10.1. The van der Waals surface area contributed by atoms with E-state index in [1.807, 2.05) is 0 Å². The van der Waals surface area contributed by atoms with Gasteiger partial charge in [-0.25, -0.2) is 4.79 Å². The summed E-state index contributed by atoms with van der Waals surface area (Å²) in [7, 11) is 0. The maximum Gasteiger partial charge on any atom is 0.346 e. The molecule has 9 heteroatoms. The molecule has 27 heavy (non-hydrogen) atoms. The number of hydrogen-bond acceptors (Lipinski definition) is 7. The van der Waals surface area contributed by atoms with E-state index in [9.17, 15) is 19.7 Å². The number of nitro groups is 1. The minimum atomic E-state index is -1.15. The number of fused-ring (bicyclic) bond motifs is 1. The number of benzene rings is 2. The summed E-state index contributed by atoms with van der Waals surface area (Å²) in [5.41, 5.74) is -0.508. The Morgan fingerprint density at radius 2 is 1.74 bits per heavy atom. The van der Waals surface area contributed by atoms with Crippen molar-refractivity contribution in [2.75, 3.05) is 13.2 Å². The first-order valence-electron chi connectivity index (χ1n) is 7.95. The maximum atomic E-state index is 12.5. The number of Topliss-reactive ketones (excluding diaryl/α,β-unsaturated/α-hetero) is 1. The third-order valence-electron chi connectivity index (χ3n) is 3.86. The molecular weight excluding hydrogens is 378 g/mol. The van der Waals surface area contributed by atoms with E-state index in [1.54, 1.807) is 0 Å². The third kappa shape index (κ3) is 4.01. The molecule has 3 rings (SSSR count).